The Morgan fingerprint density at radius 1 is 0.379 bits per heavy atom. The summed E-state index contributed by atoms with van der Waals surface area (Å²) in [5, 5.41) is 5.02. The Morgan fingerprint density at radius 3 is 1.40 bits per heavy atom. The molecule has 0 spiro atoms. The van der Waals surface area contributed by atoms with Gasteiger partial charge in [0.25, 0.3) is 0 Å². The smallest absolute Gasteiger partial charge is 0.0541 e. The van der Waals surface area contributed by atoms with Crippen LogP contribution in [0.15, 0.2) is 200 Å². The van der Waals surface area contributed by atoms with Gasteiger partial charge in [-0.3, -0.25) is 0 Å². The lowest BCUT2D eigenvalue weighted by molar-refractivity contribution is 0.967. The molecule has 0 fully saturated rings. The number of aryl methyl sites for hydroxylation is 1. The zero-order chi connectivity index (χ0) is 38.7. The number of aromatic nitrogens is 2. The third-order valence-corrected chi connectivity index (χ3v) is 12.3. The van der Waals surface area contributed by atoms with Crippen LogP contribution in [-0.2, 0) is 0 Å². The highest BCUT2D eigenvalue weighted by atomic mass is 15.0. The molecule has 276 valence electrons. The Morgan fingerprint density at radius 2 is 0.828 bits per heavy atom. The van der Waals surface area contributed by atoms with Gasteiger partial charge in [-0.1, -0.05) is 133 Å². The number of nitrogens with zero attached hydrogens (tertiary/aromatic N) is 2. The summed E-state index contributed by atoms with van der Waals surface area (Å²) in [5.41, 5.74) is 20.0. The Hall–Kier alpha value is -7.16. The number of para-hydroxylation sites is 2. The third kappa shape index (κ3) is 5.64. The summed E-state index contributed by atoms with van der Waals surface area (Å²) < 4.78 is 4.81. The Balaban J connectivity index is 0.973. The van der Waals surface area contributed by atoms with E-state index in [9.17, 15) is 0 Å². The monoisotopic (exact) mass is 742 g/mol. The molecule has 0 amide bonds. The van der Waals surface area contributed by atoms with Crippen molar-refractivity contribution in [3.05, 3.63) is 211 Å². The quantitative estimate of drug-likeness (QED) is 0.161. The number of fused-ring (bicyclic) bond motifs is 6. The highest BCUT2D eigenvalue weighted by molar-refractivity contribution is 6.12. The topological polar surface area (TPSA) is 9.86 Å². The van der Waals surface area contributed by atoms with Gasteiger partial charge in [0.15, 0.2) is 0 Å². The van der Waals surface area contributed by atoms with Gasteiger partial charge in [0, 0.05) is 32.9 Å². The van der Waals surface area contributed by atoms with Crippen LogP contribution in [-0.4, -0.2) is 9.13 Å². The van der Waals surface area contributed by atoms with Crippen LogP contribution in [0, 0.1) is 6.92 Å². The first kappa shape index (κ1) is 34.1. The van der Waals surface area contributed by atoms with Crippen molar-refractivity contribution in [3.63, 3.8) is 0 Å². The SMILES string of the molecule is CC1=C(c2cc(-c3ccc(-n4c5ccccc5c5cc(-c6ccc7c(c6)c6ccccc6n7-c6ccc(-c7ccccc7)cc6)ccc54)cc3)ccc2C)C=CCC1. The molecule has 58 heavy (non-hydrogen) atoms. The van der Waals surface area contributed by atoms with Crippen LogP contribution in [0.3, 0.4) is 0 Å². The van der Waals surface area contributed by atoms with Gasteiger partial charge in [-0.15, -0.1) is 0 Å². The lowest BCUT2D eigenvalue weighted by Gasteiger charge is -2.16. The van der Waals surface area contributed by atoms with Crippen molar-refractivity contribution in [2.45, 2.75) is 26.7 Å². The molecular formula is C56H42N2. The van der Waals surface area contributed by atoms with Crippen molar-refractivity contribution in [2.24, 2.45) is 0 Å². The zero-order valence-corrected chi connectivity index (χ0v) is 32.8. The minimum absolute atomic E-state index is 1.13. The third-order valence-electron chi connectivity index (χ3n) is 12.3. The van der Waals surface area contributed by atoms with Crippen molar-refractivity contribution >= 4 is 49.2 Å². The molecule has 1 aliphatic rings. The Kier molecular flexibility index (Phi) is 8.11. The molecule has 0 atom stereocenters. The molecule has 2 aromatic heterocycles. The molecule has 0 N–H and O–H groups in total. The van der Waals surface area contributed by atoms with E-state index in [4.69, 9.17) is 0 Å². The molecule has 11 rings (SSSR count). The summed E-state index contributed by atoms with van der Waals surface area (Å²) in [7, 11) is 0. The van der Waals surface area contributed by atoms with E-state index in [0.717, 1.165) is 24.2 Å². The second-order valence-corrected chi connectivity index (χ2v) is 15.8. The average molecular weight is 743 g/mol. The Labute approximate surface area is 339 Å². The maximum atomic E-state index is 2.42. The average Bonchev–Trinajstić information content (AvgIpc) is 3.79. The van der Waals surface area contributed by atoms with Crippen molar-refractivity contribution in [3.8, 4) is 44.8 Å². The lowest BCUT2D eigenvalue weighted by atomic mass is 9.89. The van der Waals surface area contributed by atoms with E-state index in [-0.39, 0.29) is 0 Å². The fourth-order valence-electron chi connectivity index (χ4n) is 9.29. The number of benzene rings is 8. The van der Waals surface area contributed by atoms with Crippen LogP contribution in [0.4, 0.5) is 0 Å². The van der Waals surface area contributed by atoms with Crippen LogP contribution in [0.1, 0.15) is 30.9 Å². The summed E-state index contributed by atoms with van der Waals surface area (Å²) in [5.74, 6) is 0. The van der Waals surface area contributed by atoms with Crippen molar-refractivity contribution in [2.75, 3.05) is 0 Å². The van der Waals surface area contributed by atoms with E-state index in [2.05, 4.69) is 217 Å². The van der Waals surface area contributed by atoms with Gasteiger partial charge in [-0.05, 0) is 143 Å². The first-order valence-corrected chi connectivity index (χ1v) is 20.4. The molecule has 2 heteroatoms. The van der Waals surface area contributed by atoms with Crippen LogP contribution < -0.4 is 0 Å². The number of hydrogen-bond donors (Lipinski definition) is 0. The largest absolute Gasteiger partial charge is 0.309 e. The van der Waals surface area contributed by atoms with Gasteiger partial charge in [-0.2, -0.15) is 0 Å². The van der Waals surface area contributed by atoms with Gasteiger partial charge in [-0.25, -0.2) is 0 Å². The molecule has 10 aromatic rings. The van der Waals surface area contributed by atoms with Gasteiger partial charge >= 0.3 is 0 Å². The molecule has 0 unspecified atom stereocenters. The van der Waals surface area contributed by atoms with E-state index >= 15 is 0 Å². The highest BCUT2D eigenvalue weighted by Crippen LogP contribution is 2.39. The molecule has 1 aliphatic carbocycles. The van der Waals surface area contributed by atoms with Crippen molar-refractivity contribution < 1.29 is 0 Å². The zero-order valence-electron chi connectivity index (χ0n) is 32.8. The molecule has 2 nitrogen and oxygen atoms in total. The maximum absolute atomic E-state index is 2.42. The minimum atomic E-state index is 1.13. The van der Waals surface area contributed by atoms with Crippen LogP contribution >= 0.6 is 0 Å². The fraction of sp³-hybridized carbons (Fsp3) is 0.0714. The molecule has 0 saturated heterocycles. The summed E-state index contributed by atoms with van der Waals surface area (Å²) in [4.78, 5) is 0. The second kappa shape index (κ2) is 13.8. The predicted molar refractivity (Wildman–Crippen MR) is 247 cm³/mol. The van der Waals surface area contributed by atoms with Gasteiger partial charge in [0.2, 0.25) is 0 Å². The summed E-state index contributed by atoms with van der Waals surface area (Å²) in [6.07, 6.45) is 6.89. The van der Waals surface area contributed by atoms with Crippen LogP contribution in [0.5, 0.6) is 0 Å². The van der Waals surface area contributed by atoms with E-state index in [1.807, 2.05) is 0 Å². The number of hydrogen-bond acceptors (Lipinski definition) is 0. The molecule has 8 aromatic carbocycles. The van der Waals surface area contributed by atoms with E-state index < -0.39 is 0 Å². The predicted octanol–water partition coefficient (Wildman–Crippen LogP) is 15.3. The molecule has 0 radical (unpaired) electrons. The van der Waals surface area contributed by atoms with E-state index in [1.54, 1.807) is 0 Å². The van der Waals surface area contributed by atoms with Gasteiger partial charge < -0.3 is 9.13 Å². The van der Waals surface area contributed by atoms with Gasteiger partial charge in [0.05, 0.1) is 22.1 Å². The second-order valence-electron chi connectivity index (χ2n) is 15.8. The number of rotatable bonds is 6. The van der Waals surface area contributed by atoms with Gasteiger partial charge in [0.1, 0.15) is 0 Å². The maximum Gasteiger partial charge on any atom is 0.0541 e. The fourth-order valence-corrected chi connectivity index (χ4v) is 9.29. The molecular weight excluding hydrogens is 701 g/mol. The highest BCUT2D eigenvalue weighted by Gasteiger charge is 2.17. The van der Waals surface area contributed by atoms with Crippen molar-refractivity contribution in [1.82, 2.24) is 9.13 Å². The van der Waals surface area contributed by atoms with E-state index in [1.165, 1.54) is 99.3 Å². The first-order valence-electron chi connectivity index (χ1n) is 20.4. The Bertz CT molecular complexity index is 3260. The molecule has 0 saturated carbocycles. The number of allylic oxidation sites excluding steroid dienone is 4. The summed E-state index contributed by atoms with van der Waals surface area (Å²) in [6, 6.07) is 67.1. The van der Waals surface area contributed by atoms with Crippen molar-refractivity contribution in [1.29, 1.82) is 0 Å². The summed E-state index contributed by atoms with van der Waals surface area (Å²) >= 11 is 0. The first-order chi connectivity index (χ1) is 28.6. The standard InChI is InChI=1S/C56H42N2/c1-37-12-6-7-15-47(37)50-34-42(21-20-38(50)2)41-24-30-46(31-25-41)58-54-19-11-9-17-49(54)52-36-44(27-33-56(52)58)43-26-32-55-51(35-43)48-16-8-10-18-53(48)57(55)45-28-22-40(23-29-45)39-13-4-3-5-14-39/h3-5,7-11,13-36H,6,12H2,1-2H3. The summed E-state index contributed by atoms with van der Waals surface area (Å²) in [6.45, 7) is 4.50. The normalized spacial score (nSPS) is 13.1. The molecule has 2 heterocycles. The lowest BCUT2D eigenvalue weighted by Crippen LogP contribution is -1.96. The molecule has 0 aliphatic heterocycles. The minimum Gasteiger partial charge on any atom is -0.309 e. The molecule has 0 bridgehead atoms. The van der Waals surface area contributed by atoms with E-state index in [0.29, 0.717) is 0 Å². The van der Waals surface area contributed by atoms with Crippen LogP contribution in [0.2, 0.25) is 0 Å². The van der Waals surface area contributed by atoms with Crippen LogP contribution in [0.25, 0.3) is 93.9 Å².